The summed E-state index contributed by atoms with van der Waals surface area (Å²) in [6.07, 6.45) is 4.56. The van der Waals surface area contributed by atoms with Crippen molar-refractivity contribution in [2.45, 2.75) is 26.1 Å². The Bertz CT molecular complexity index is 779. The van der Waals surface area contributed by atoms with E-state index in [1.165, 1.54) is 22.9 Å². The lowest BCUT2D eigenvalue weighted by Crippen LogP contribution is -2.46. The minimum Gasteiger partial charge on any atom is -0.368 e. The van der Waals surface area contributed by atoms with Crippen LogP contribution in [0.2, 0.25) is 0 Å². The Morgan fingerprint density at radius 3 is 2.63 bits per heavy atom. The lowest BCUT2D eigenvalue weighted by molar-refractivity contribution is -0.0914. The molecule has 27 heavy (non-hydrogen) atoms. The molecule has 0 saturated carbocycles. The molecule has 1 saturated heterocycles. The highest BCUT2D eigenvalue weighted by molar-refractivity contribution is 5.58. The van der Waals surface area contributed by atoms with Crippen LogP contribution in [0.3, 0.4) is 0 Å². The number of hydrogen-bond donors (Lipinski definition) is 1. The van der Waals surface area contributed by atoms with Crippen LogP contribution in [0.25, 0.3) is 0 Å². The van der Waals surface area contributed by atoms with Gasteiger partial charge in [-0.3, -0.25) is 0 Å². The fraction of sp³-hybridized carbons (Fsp3) is 0.429. The maximum Gasteiger partial charge on any atom is 0.412 e. The van der Waals surface area contributed by atoms with Crippen LogP contribution in [0.5, 0.6) is 0 Å². The van der Waals surface area contributed by atoms with Gasteiger partial charge in [0.2, 0.25) is 0 Å². The van der Waals surface area contributed by atoms with E-state index in [0.29, 0.717) is 18.8 Å². The first-order valence-corrected chi connectivity index (χ1v) is 9.13. The van der Waals surface area contributed by atoms with Crippen LogP contribution in [0, 0.1) is 12.3 Å². The quantitative estimate of drug-likeness (QED) is 0.645. The van der Waals surface area contributed by atoms with E-state index in [9.17, 15) is 13.2 Å². The highest BCUT2D eigenvalue weighted by Crippen LogP contribution is 2.29. The van der Waals surface area contributed by atoms with E-state index < -0.39 is 11.7 Å². The summed E-state index contributed by atoms with van der Waals surface area (Å²) in [7, 11) is 0. The first-order chi connectivity index (χ1) is 12.9. The lowest BCUT2D eigenvalue weighted by atomic mass is 9.98. The van der Waals surface area contributed by atoms with Crippen LogP contribution in [-0.2, 0) is 13.0 Å². The van der Waals surface area contributed by atoms with E-state index in [4.69, 9.17) is 6.42 Å². The number of hydrogen-bond acceptors (Lipinski definition) is 3. The number of alkyl halides is 3. The second-order valence-electron chi connectivity index (χ2n) is 6.88. The van der Waals surface area contributed by atoms with Gasteiger partial charge >= 0.3 is 6.18 Å². The summed E-state index contributed by atoms with van der Waals surface area (Å²) in [4.78, 5) is 4.26. The summed E-state index contributed by atoms with van der Waals surface area (Å²) in [5, 5.41) is 3.39. The molecule has 0 radical (unpaired) electrons. The van der Waals surface area contributed by atoms with E-state index in [2.05, 4.69) is 34.3 Å². The van der Waals surface area contributed by atoms with Crippen molar-refractivity contribution >= 4 is 5.69 Å². The zero-order valence-electron chi connectivity index (χ0n) is 15.4. The number of fused-ring (bicyclic) bond motifs is 1. The number of allylic oxidation sites excluding steroid dienone is 3. The number of benzene rings is 1. The van der Waals surface area contributed by atoms with Gasteiger partial charge in [-0.15, -0.1) is 6.42 Å². The molecular formula is C21H24F3N3. The van der Waals surface area contributed by atoms with Crippen LogP contribution in [0.15, 0.2) is 41.6 Å². The van der Waals surface area contributed by atoms with Crippen LogP contribution >= 0.6 is 0 Å². The summed E-state index contributed by atoms with van der Waals surface area (Å²) in [6.45, 7) is 5.72. The minimum atomic E-state index is -4.34. The zero-order chi connectivity index (χ0) is 19.4. The third-order valence-corrected chi connectivity index (χ3v) is 5.14. The first-order valence-electron chi connectivity index (χ1n) is 9.13. The van der Waals surface area contributed by atoms with Gasteiger partial charge in [-0.25, -0.2) is 0 Å². The second kappa shape index (κ2) is 8.10. The molecule has 0 bridgehead atoms. The maximum absolute atomic E-state index is 12.9. The molecule has 0 aliphatic carbocycles. The molecule has 3 rings (SSSR count). The van der Waals surface area contributed by atoms with Gasteiger partial charge in [-0.05, 0) is 43.2 Å². The summed E-state index contributed by atoms with van der Waals surface area (Å²) < 4.78 is 38.6. The van der Waals surface area contributed by atoms with Gasteiger partial charge in [0.25, 0.3) is 0 Å². The number of anilines is 1. The fourth-order valence-electron chi connectivity index (χ4n) is 3.63. The van der Waals surface area contributed by atoms with Crippen molar-refractivity contribution in [1.82, 2.24) is 10.2 Å². The molecule has 1 fully saturated rings. The molecule has 3 nitrogen and oxygen atoms in total. The molecule has 1 aromatic carbocycles. The summed E-state index contributed by atoms with van der Waals surface area (Å²) >= 11 is 0. The molecular weight excluding hydrogens is 351 g/mol. The van der Waals surface area contributed by atoms with Crippen LogP contribution in [0.1, 0.15) is 18.1 Å². The monoisotopic (exact) mass is 375 g/mol. The lowest BCUT2D eigenvalue weighted by Gasteiger charge is -2.39. The normalized spacial score (nSPS) is 18.9. The number of nitrogens with zero attached hydrogens (tertiary/aromatic N) is 2. The molecule has 0 atom stereocenters. The number of nitrogens with one attached hydrogen (secondary N) is 1. The van der Waals surface area contributed by atoms with Gasteiger partial charge < -0.3 is 15.1 Å². The van der Waals surface area contributed by atoms with Crippen LogP contribution < -0.4 is 10.2 Å². The van der Waals surface area contributed by atoms with Gasteiger partial charge in [-0.2, -0.15) is 13.2 Å². The fourth-order valence-corrected chi connectivity index (χ4v) is 3.63. The van der Waals surface area contributed by atoms with E-state index in [1.54, 1.807) is 0 Å². The Labute approximate surface area is 158 Å². The zero-order valence-corrected chi connectivity index (χ0v) is 15.4. The topological polar surface area (TPSA) is 18.5 Å². The molecule has 2 aliphatic rings. The Morgan fingerprint density at radius 1 is 1.22 bits per heavy atom. The van der Waals surface area contributed by atoms with Gasteiger partial charge in [0.05, 0.1) is 0 Å². The van der Waals surface area contributed by atoms with E-state index in [1.807, 2.05) is 4.90 Å². The Hall–Kier alpha value is -2.39. The number of terminal acetylenes is 1. The SMILES string of the molecule is C#C/C=C(\C=C(/C)C(F)(F)F)N1CCN(c2cccc3c2CCNC3)CC1. The Kier molecular flexibility index (Phi) is 5.81. The molecule has 6 heteroatoms. The largest absolute Gasteiger partial charge is 0.412 e. The molecule has 0 amide bonds. The highest BCUT2D eigenvalue weighted by atomic mass is 19.4. The predicted octanol–water partition coefficient (Wildman–Crippen LogP) is 3.48. The van der Waals surface area contributed by atoms with E-state index in [0.717, 1.165) is 45.6 Å². The van der Waals surface area contributed by atoms with Gasteiger partial charge in [0.1, 0.15) is 0 Å². The molecule has 144 valence electrons. The third kappa shape index (κ3) is 4.48. The standard InChI is InChI=1S/C21H24F3N3/c1-3-5-18(14-16(2)21(22,23)24)26-10-12-27(13-11-26)20-7-4-6-17-15-25-9-8-19(17)20/h1,4-7,14,25H,8-13,15H2,2H3/b16-14+,18-5+. The minimum absolute atomic E-state index is 0.450. The Morgan fingerprint density at radius 2 is 1.96 bits per heavy atom. The summed E-state index contributed by atoms with van der Waals surface area (Å²) in [5.74, 6) is 2.37. The van der Waals surface area contributed by atoms with Crippen molar-refractivity contribution in [3.8, 4) is 12.3 Å². The molecule has 2 heterocycles. The molecule has 2 aliphatic heterocycles. The maximum atomic E-state index is 12.9. The average Bonchev–Trinajstić information content (AvgIpc) is 2.66. The van der Waals surface area contributed by atoms with Gasteiger partial charge in [0, 0.05) is 55.8 Å². The number of halogens is 3. The van der Waals surface area contributed by atoms with Crippen molar-refractivity contribution < 1.29 is 13.2 Å². The number of rotatable bonds is 3. The molecule has 0 aromatic heterocycles. The first kappa shape index (κ1) is 19.4. The predicted molar refractivity (Wildman–Crippen MR) is 102 cm³/mol. The van der Waals surface area contributed by atoms with Crippen molar-refractivity contribution in [3.63, 3.8) is 0 Å². The van der Waals surface area contributed by atoms with Gasteiger partial charge in [0.15, 0.2) is 0 Å². The van der Waals surface area contributed by atoms with Crippen molar-refractivity contribution in [2.75, 3.05) is 37.6 Å². The van der Waals surface area contributed by atoms with Crippen LogP contribution in [0.4, 0.5) is 18.9 Å². The molecule has 0 spiro atoms. The van der Waals surface area contributed by atoms with Crippen molar-refractivity contribution in [2.24, 2.45) is 0 Å². The van der Waals surface area contributed by atoms with E-state index >= 15 is 0 Å². The Balaban J connectivity index is 1.73. The summed E-state index contributed by atoms with van der Waals surface area (Å²) in [5.41, 5.74) is 3.77. The van der Waals surface area contributed by atoms with Crippen molar-refractivity contribution in [3.05, 3.63) is 52.7 Å². The average molecular weight is 375 g/mol. The molecule has 1 N–H and O–H groups in total. The van der Waals surface area contributed by atoms with Crippen LogP contribution in [-0.4, -0.2) is 43.8 Å². The second-order valence-corrected chi connectivity index (χ2v) is 6.88. The molecule has 0 unspecified atom stereocenters. The summed E-state index contributed by atoms with van der Waals surface area (Å²) in [6, 6.07) is 6.37. The highest BCUT2D eigenvalue weighted by Gasteiger charge is 2.31. The van der Waals surface area contributed by atoms with Crippen molar-refractivity contribution in [1.29, 1.82) is 0 Å². The van der Waals surface area contributed by atoms with E-state index in [-0.39, 0.29) is 0 Å². The van der Waals surface area contributed by atoms with Gasteiger partial charge in [-0.1, -0.05) is 18.1 Å². The smallest absolute Gasteiger partial charge is 0.368 e. The molecule has 1 aromatic rings. The third-order valence-electron chi connectivity index (χ3n) is 5.14. The number of piperazine rings is 1.